The van der Waals surface area contributed by atoms with E-state index in [2.05, 4.69) is 20.2 Å². The van der Waals surface area contributed by atoms with Crippen LogP contribution in [0.5, 0.6) is 0 Å². The smallest absolute Gasteiger partial charge is 0.325 e. The van der Waals surface area contributed by atoms with Crippen LogP contribution in [0.25, 0.3) is 0 Å². The van der Waals surface area contributed by atoms with Crippen molar-refractivity contribution < 1.29 is 18.0 Å². The number of nitrogens with zero attached hydrogens (tertiary/aromatic N) is 4. The Balaban J connectivity index is 2.03. The first kappa shape index (κ1) is 16.4. The van der Waals surface area contributed by atoms with Crippen LogP contribution in [0.4, 0.5) is 13.2 Å². The van der Waals surface area contributed by atoms with Crippen molar-refractivity contribution in [1.29, 1.82) is 0 Å². The largest absolute Gasteiger partial charge is 0.433 e. The van der Waals surface area contributed by atoms with Crippen LogP contribution < -0.4 is 0 Å². The highest BCUT2D eigenvalue weighted by Gasteiger charge is 2.45. The summed E-state index contributed by atoms with van der Waals surface area (Å²) in [6.45, 7) is 3.61. The fourth-order valence-electron chi connectivity index (χ4n) is 3.00. The summed E-state index contributed by atoms with van der Waals surface area (Å²) in [5, 5.41) is 6.33. The Kier molecular flexibility index (Phi) is 3.81. The number of amides is 1. The molecule has 2 aromatic heterocycles. The minimum atomic E-state index is -4.56. The number of aromatic nitrogens is 4. The highest BCUT2D eigenvalue weighted by atomic mass is 19.4. The molecule has 3 heterocycles. The summed E-state index contributed by atoms with van der Waals surface area (Å²) in [7, 11) is 0. The Morgan fingerprint density at radius 2 is 2.12 bits per heavy atom. The van der Waals surface area contributed by atoms with Gasteiger partial charge in [0.2, 0.25) is 0 Å². The Morgan fingerprint density at radius 3 is 2.75 bits per heavy atom. The number of hydrogen-bond acceptors (Lipinski definition) is 4. The maximum absolute atomic E-state index is 13.1. The first-order valence-corrected chi connectivity index (χ1v) is 7.46. The number of H-pyrrole nitrogens is 1. The molecule has 3 rings (SSSR count). The number of halogens is 3. The van der Waals surface area contributed by atoms with E-state index in [1.807, 2.05) is 0 Å². The van der Waals surface area contributed by atoms with E-state index in [1.54, 1.807) is 6.92 Å². The molecular weight excluding hydrogens is 323 g/mol. The van der Waals surface area contributed by atoms with Crippen molar-refractivity contribution in [2.45, 2.75) is 38.4 Å². The van der Waals surface area contributed by atoms with Gasteiger partial charge < -0.3 is 4.90 Å². The van der Waals surface area contributed by atoms with Crippen molar-refractivity contribution >= 4 is 5.91 Å². The van der Waals surface area contributed by atoms with E-state index in [-0.39, 0.29) is 23.1 Å². The van der Waals surface area contributed by atoms with E-state index in [0.717, 1.165) is 6.07 Å². The van der Waals surface area contributed by atoms with E-state index < -0.39 is 17.4 Å². The summed E-state index contributed by atoms with van der Waals surface area (Å²) in [6.07, 6.45) is -1.95. The molecule has 1 aliphatic rings. The topological polar surface area (TPSA) is 74.8 Å². The molecule has 6 nitrogen and oxygen atoms in total. The molecule has 128 valence electrons. The molecule has 0 saturated carbocycles. The van der Waals surface area contributed by atoms with Crippen molar-refractivity contribution in [3.05, 3.63) is 41.2 Å². The second-order valence-electron chi connectivity index (χ2n) is 6.02. The van der Waals surface area contributed by atoms with E-state index in [4.69, 9.17) is 0 Å². The highest BCUT2D eigenvalue weighted by Crippen LogP contribution is 2.39. The molecule has 9 heteroatoms. The zero-order valence-corrected chi connectivity index (χ0v) is 13.2. The lowest BCUT2D eigenvalue weighted by molar-refractivity contribution is -0.141. The third-order valence-corrected chi connectivity index (χ3v) is 4.24. The van der Waals surface area contributed by atoms with Crippen LogP contribution in [0.1, 0.15) is 47.5 Å². The third kappa shape index (κ3) is 2.74. The van der Waals surface area contributed by atoms with Crippen molar-refractivity contribution in [2.75, 3.05) is 6.54 Å². The van der Waals surface area contributed by atoms with Gasteiger partial charge in [0.25, 0.3) is 5.91 Å². The minimum Gasteiger partial charge on any atom is -0.325 e. The van der Waals surface area contributed by atoms with Crippen molar-refractivity contribution in [3.8, 4) is 0 Å². The monoisotopic (exact) mass is 339 g/mol. The Bertz CT molecular complexity index is 759. The lowest BCUT2D eigenvalue weighted by Gasteiger charge is -2.34. The number of nitrogens with one attached hydrogen (secondary N) is 1. The molecule has 0 bridgehead atoms. The van der Waals surface area contributed by atoms with Gasteiger partial charge >= 0.3 is 6.18 Å². The van der Waals surface area contributed by atoms with Crippen LogP contribution in [0, 0.1) is 6.92 Å². The quantitative estimate of drug-likeness (QED) is 0.913. The van der Waals surface area contributed by atoms with Gasteiger partial charge in [0.1, 0.15) is 16.9 Å². The number of rotatable bonds is 2. The molecule has 1 aliphatic heterocycles. The van der Waals surface area contributed by atoms with Crippen LogP contribution in [0.3, 0.4) is 0 Å². The number of hydrogen-bond donors (Lipinski definition) is 1. The molecule has 1 N–H and O–H groups in total. The lowest BCUT2D eigenvalue weighted by Crippen LogP contribution is -2.44. The maximum atomic E-state index is 13.1. The SMILES string of the molecule is Cc1cc(C(F)(F)F)nc([C@]2(C)CCCN2C(=O)c2ccn[nH]2)n1. The van der Waals surface area contributed by atoms with Crippen molar-refractivity contribution in [2.24, 2.45) is 0 Å². The van der Waals surface area contributed by atoms with Gasteiger partial charge in [-0.15, -0.1) is 0 Å². The van der Waals surface area contributed by atoms with Gasteiger partial charge in [0.15, 0.2) is 5.82 Å². The Labute approximate surface area is 136 Å². The standard InChI is InChI=1S/C15H16F3N5O/c1-9-8-11(15(16,17)18)21-13(20-9)14(2)5-3-7-23(14)12(24)10-4-6-19-22-10/h4,6,8H,3,5,7H2,1-2H3,(H,19,22)/t14-/m0/s1. The van der Waals surface area contributed by atoms with Gasteiger partial charge in [-0.05, 0) is 38.8 Å². The Morgan fingerprint density at radius 1 is 1.38 bits per heavy atom. The molecule has 0 aromatic carbocycles. The summed E-state index contributed by atoms with van der Waals surface area (Å²) in [5.74, 6) is -0.314. The maximum Gasteiger partial charge on any atom is 0.433 e. The summed E-state index contributed by atoms with van der Waals surface area (Å²) in [6, 6.07) is 2.43. The molecule has 0 radical (unpaired) electrons. The number of aromatic amines is 1. The first-order chi connectivity index (χ1) is 11.2. The molecule has 1 saturated heterocycles. The van der Waals surface area contributed by atoms with Crippen LogP contribution in [-0.2, 0) is 11.7 Å². The lowest BCUT2D eigenvalue weighted by atomic mass is 9.97. The van der Waals surface area contributed by atoms with Crippen LogP contribution in [0.2, 0.25) is 0 Å². The number of alkyl halides is 3. The average molecular weight is 339 g/mol. The summed E-state index contributed by atoms with van der Waals surface area (Å²) in [4.78, 5) is 22.1. The molecule has 24 heavy (non-hydrogen) atoms. The summed E-state index contributed by atoms with van der Waals surface area (Å²) < 4.78 is 39.2. The normalized spacial score (nSPS) is 21.3. The molecule has 0 unspecified atom stereocenters. The fourth-order valence-corrected chi connectivity index (χ4v) is 3.00. The number of carbonyl (C=O) groups excluding carboxylic acids is 1. The zero-order valence-electron chi connectivity index (χ0n) is 13.2. The van der Waals surface area contributed by atoms with Crippen LogP contribution in [-0.4, -0.2) is 37.5 Å². The van der Waals surface area contributed by atoms with Gasteiger partial charge in [0, 0.05) is 18.4 Å². The predicted molar refractivity (Wildman–Crippen MR) is 78.0 cm³/mol. The minimum absolute atomic E-state index is 0.0141. The molecule has 1 fully saturated rings. The second kappa shape index (κ2) is 5.57. The second-order valence-corrected chi connectivity index (χ2v) is 6.02. The molecule has 0 aliphatic carbocycles. The zero-order chi connectivity index (χ0) is 17.5. The van der Waals surface area contributed by atoms with E-state index in [1.165, 1.54) is 24.1 Å². The number of aryl methyl sites for hydroxylation is 1. The number of carbonyl (C=O) groups is 1. The van der Waals surface area contributed by atoms with Crippen LogP contribution >= 0.6 is 0 Å². The van der Waals surface area contributed by atoms with Gasteiger partial charge in [-0.1, -0.05) is 0 Å². The van der Waals surface area contributed by atoms with E-state index in [9.17, 15) is 18.0 Å². The molecule has 2 aromatic rings. The van der Waals surface area contributed by atoms with Gasteiger partial charge in [-0.3, -0.25) is 9.89 Å². The van der Waals surface area contributed by atoms with Crippen molar-refractivity contribution in [3.63, 3.8) is 0 Å². The predicted octanol–water partition coefficient (Wildman–Crippen LogP) is 2.68. The van der Waals surface area contributed by atoms with Gasteiger partial charge in [-0.25, -0.2) is 9.97 Å². The molecular formula is C15H16F3N5O. The average Bonchev–Trinajstić information content (AvgIpc) is 3.15. The van der Waals surface area contributed by atoms with Gasteiger partial charge in [0.05, 0.1) is 0 Å². The summed E-state index contributed by atoms with van der Waals surface area (Å²) in [5.41, 5.74) is -1.48. The first-order valence-electron chi connectivity index (χ1n) is 7.46. The molecule has 1 amide bonds. The molecule has 0 spiro atoms. The van der Waals surface area contributed by atoms with Crippen LogP contribution in [0.15, 0.2) is 18.3 Å². The third-order valence-electron chi connectivity index (χ3n) is 4.24. The Hall–Kier alpha value is -2.45. The summed E-state index contributed by atoms with van der Waals surface area (Å²) >= 11 is 0. The molecule has 1 atom stereocenters. The van der Waals surface area contributed by atoms with E-state index in [0.29, 0.717) is 19.4 Å². The fraction of sp³-hybridized carbons (Fsp3) is 0.467. The highest BCUT2D eigenvalue weighted by molar-refractivity contribution is 5.93. The van der Waals surface area contributed by atoms with E-state index >= 15 is 0 Å². The van der Waals surface area contributed by atoms with Crippen molar-refractivity contribution in [1.82, 2.24) is 25.1 Å². The number of likely N-dealkylation sites (tertiary alicyclic amines) is 1. The van der Waals surface area contributed by atoms with Gasteiger partial charge in [-0.2, -0.15) is 18.3 Å².